The van der Waals surface area contributed by atoms with Gasteiger partial charge in [0.15, 0.2) is 0 Å². The molecule has 0 radical (unpaired) electrons. The lowest BCUT2D eigenvalue weighted by Crippen LogP contribution is -1.96. The third kappa shape index (κ3) is 3.09. The zero-order chi connectivity index (χ0) is 13.0. The Bertz CT molecular complexity index is 524. The predicted molar refractivity (Wildman–Crippen MR) is 73.8 cm³/mol. The van der Waals surface area contributed by atoms with Crippen LogP contribution in [0.3, 0.4) is 0 Å². The van der Waals surface area contributed by atoms with Crippen LogP contribution < -0.4 is 9.47 Å². The van der Waals surface area contributed by atoms with E-state index in [0.717, 1.165) is 17.1 Å². The van der Waals surface area contributed by atoms with Crippen LogP contribution in [0, 0.1) is 0 Å². The second-order valence-corrected chi connectivity index (χ2v) is 4.46. The Morgan fingerprint density at radius 2 is 1.61 bits per heavy atom. The van der Waals surface area contributed by atoms with Crippen molar-refractivity contribution in [2.24, 2.45) is 0 Å². The molecule has 0 atom stereocenters. The Kier molecular flexibility index (Phi) is 4.34. The molecule has 0 spiro atoms. The molecule has 0 N–H and O–H groups in total. The highest BCUT2D eigenvalue weighted by atomic mass is 35.5. The number of halogens is 2. The van der Waals surface area contributed by atoms with E-state index in [9.17, 15) is 0 Å². The average molecular weight is 283 g/mol. The predicted octanol–water partition coefficient (Wildman–Crippen LogP) is 4.58. The van der Waals surface area contributed by atoms with Crippen molar-refractivity contribution in [1.29, 1.82) is 0 Å². The molecule has 18 heavy (non-hydrogen) atoms. The molecule has 0 bridgehead atoms. The monoisotopic (exact) mass is 282 g/mol. The highest BCUT2D eigenvalue weighted by Gasteiger charge is 2.05. The average Bonchev–Trinajstić information content (AvgIpc) is 2.41. The Morgan fingerprint density at radius 3 is 2.28 bits per heavy atom. The molecule has 2 aromatic rings. The molecule has 0 aliphatic rings. The van der Waals surface area contributed by atoms with E-state index in [1.54, 1.807) is 13.2 Å². The molecule has 2 rings (SSSR count). The van der Waals surface area contributed by atoms with Gasteiger partial charge < -0.3 is 9.47 Å². The maximum absolute atomic E-state index is 6.08. The Labute approximate surface area is 116 Å². The van der Waals surface area contributed by atoms with E-state index in [0.29, 0.717) is 16.7 Å². The topological polar surface area (TPSA) is 18.5 Å². The smallest absolute Gasteiger partial charge is 0.120 e. The molecule has 0 amide bonds. The van der Waals surface area contributed by atoms with Crippen molar-refractivity contribution in [3.8, 4) is 11.5 Å². The number of hydrogen-bond donors (Lipinski definition) is 0. The molecule has 2 aromatic carbocycles. The van der Waals surface area contributed by atoms with Crippen LogP contribution in [-0.4, -0.2) is 7.11 Å². The van der Waals surface area contributed by atoms with Gasteiger partial charge in [0, 0.05) is 5.56 Å². The molecular formula is C14H12Cl2O2. The van der Waals surface area contributed by atoms with Crippen LogP contribution in [0.4, 0.5) is 0 Å². The summed E-state index contributed by atoms with van der Waals surface area (Å²) in [6, 6.07) is 12.9. The largest absolute Gasteiger partial charge is 0.497 e. The van der Waals surface area contributed by atoms with Crippen LogP contribution >= 0.6 is 23.2 Å². The van der Waals surface area contributed by atoms with Gasteiger partial charge in [0.1, 0.15) is 18.1 Å². The van der Waals surface area contributed by atoms with E-state index in [2.05, 4.69) is 0 Å². The van der Waals surface area contributed by atoms with E-state index >= 15 is 0 Å². The molecule has 94 valence electrons. The van der Waals surface area contributed by atoms with E-state index in [-0.39, 0.29) is 0 Å². The first-order valence-electron chi connectivity index (χ1n) is 5.40. The summed E-state index contributed by atoms with van der Waals surface area (Å²) in [5, 5.41) is 1.07. The fourth-order valence-corrected chi connectivity index (χ4v) is 1.87. The number of benzene rings is 2. The fraction of sp³-hybridized carbons (Fsp3) is 0.143. The van der Waals surface area contributed by atoms with Crippen molar-refractivity contribution in [3.63, 3.8) is 0 Å². The SMILES string of the molecule is COc1ccc(OCc2cccc(Cl)c2Cl)cc1. The van der Waals surface area contributed by atoms with E-state index in [1.165, 1.54) is 0 Å². The molecule has 0 fully saturated rings. The standard InChI is InChI=1S/C14H12Cl2O2/c1-17-11-5-7-12(8-6-11)18-9-10-3-2-4-13(15)14(10)16/h2-8H,9H2,1H3. The summed E-state index contributed by atoms with van der Waals surface area (Å²) < 4.78 is 10.7. The molecule has 0 heterocycles. The molecule has 0 saturated carbocycles. The van der Waals surface area contributed by atoms with Crippen molar-refractivity contribution < 1.29 is 9.47 Å². The van der Waals surface area contributed by atoms with Crippen molar-refractivity contribution >= 4 is 23.2 Å². The zero-order valence-electron chi connectivity index (χ0n) is 9.82. The summed E-state index contributed by atoms with van der Waals surface area (Å²) in [6.07, 6.45) is 0. The van der Waals surface area contributed by atoms with Gasteiger partial charge in [-0.3, -0.25) is 0 Å². The lowest BCUT2D eigenvalue weighted by atomic mass is 10.2. The van der Waals surface area contributed by atoms with Gasteiger partial charge in [-0.2, -0.15) is 0 Å². The molecule has 0 aliphatic carbocycles. The molecule has 0 unspecified atom stereocenters. The molecular weight excluding hydrogens is 271 g/mol. The molecule has 0 aliphatic heterocycles. The maximum Gasteiger partial charge on any atom is 0.120 e. The normalized spacial score (nSPS) is 10.2. The maximum atomic E-state index is 6.08. The van der Waals surface area contributed by atoms with Crippen LogP contribution in [0.15, 0.2) is 42.5 Å². The van der Waals surface area contributed by atoms with Gasteiger partial charge in [-0.1, -0.05) is 35.3 Å². The van der Waals surface area contributed by atoms with E-state index < -0.39 is 0 Å². The highest BCUT2D eigenvalue weighted by molar-refractivity contribution is 6.42. The van der Waals surface area contributed by atoms with Crippen LogP contribution in [0.2, 0.25) is 10.0 Å². The lowest BCUT2D eigenvalue weighted by Gasteiger charge is -2.09. The number of hydrogen-bond acceptors (Lipinski definition) is 2. The van der Waals surface area contributed by atoms with Crippen LogP contribution in [0.1, 0.15) is 5.56 Å². The summed E-state index contributed by atoms with van der Waals surface area (Å²) in [7, 11) is 1.63. The number of rotatable bonds is 4. The first-order chi connectivity index (χ1) is 8.70. The summed E-state index contributed by atoms with van der Waals surface area (Å²) in [5.41, 5.74) is 0.861. The number of methoxy groups -OCH3 is 1. The Morgan fingerprint density at radius 1 is 0.944 bits per heavy atom. The Hall–Kier alpha value is -1.38. The van der Waals surface area contributed by atoms with Gasteiger partial charge in [-0.25, -0.2) is 0 Å². The molecule has 0 aromatic heterocycles. The van der Waals surface area contributed by atoms with Crippen molar-refractivity contribution in [2.75, 3.05) is 7.11 Å². The second-order valence-electron chi connectivity index (χ2n) is 3.68. The lowest BCUT2D eigenvalue weighted by molar-refractivity contribution is 0.305. The van der Waals surface area contributed by atoms with Crippen molar-refractivity contribution in [2.45, 2.75) is 6.61 Å². The summed E-state index contributed by atoms with van der Waals surface area (Å²) in [6.45, 7) is 0.381. The summed E-state index contributed by atoms with van der Waals surface area (Å²) >= 11 is 12.0. The zero-order valence-corrected chi connectivity index (χ0v) is 11.3. The third-order valence-electron chi connectivity index (χ3n) is 2.49. The first-order valence-corrected chi connectivity index (χ1v) is 6.16. The van der Waals surface area contributed by atoms with E-state index in [1.807, 2.05) is 36.4 Å². The second kappa shape index (κ2) is 5.98. The quantitative estimate of drug-likeness (QED) is 0.817. The van der Waals surface area contributed by atoms with Gasteiger partial charge in [-0.05, 0) is 30.3 Å². The van der Waals surface area contributed by atoms with Crippen LogP contribution in [-0.2, 0) is 6.61 Å². The van der Waals surface area contributed by atoms with Crippen LogP contribution in [0.5, 0.6) is 11.5 Å². The minimum Gasteiger partial charge on any atom is -0.497 e. The third-order valence-corrected chi connectivity index (χ3v) is 3.34. The summed E-state index contributed by atoms with van der Waals surface area (Å²) in [5.74, 6) is 1.55. The van der Waals surface area contributed by atoms with Crippen LogP contribution in [0.25, 0.3) is 0 Å². The van der Waals surface area contributed by atoms with Gasteiger partial charge in [0.25, 0.3) is 0 Å². The minimum atomic E-state index is 0.381. The fourth-order valence-electron chi connectivity index (χ4n) is 1.49. The highest BCUT2D eigenvalue weighted by Crippen LogP contribution is 2.26. The van der Waals surface area contributed by atoms with Gasteiger partial charge >= 0.3 is 0 Å². The summed E-state index contributed by atoms with van der Waals surface area (Å²) in [4.78, 5) is 0. The van der Waals surface area contributed by atoms with E-state index in [4.69, 9.17) is 32.7 Å². The first kappa shape index (κ1) is 13.1. The Balaban J connectivity index is 2.04. The van der Waals surface area contributed by atoms with Gasteiger partial charge in [0.05, 0.1) is 17.2 Å². The van der Waals surface area contributed by atoms with Gasteiger partial charge in [-0.15, -0.1) is 0 Å². The molecule has 2 nitrogen and oxygen atoms in total. The van der Waals surface area contributed by atoms with Gasteiger partial charge in [0.2, 0.25) is 0 Å². The van der Waals surface area contributed by atoms with Crippen molar-refractivity contribution in [1.82, 2.24) is 0 Å². The minimum absolute atomic E-state index is 0.381. The number of ether oxygens (including phenoxy) is 2. The molecule has 4 heteroatoms. The molecule has 0 saturated heterocycles. The van der Waals surface area contributed by atoms with Crippen molar-refractivity contribution in [3.05, 3.63) is 58.1 Å².